The van der Waals surface area contributed by atoms with Gasteiger partial charge in [-0.05, 0) is 26.8 Å². The van der Waals surface area contributed by atoms with Gasteiger partial charge in [0.25, 0.3) is 0 Å². The van der Waals surface area contributed by atoms with Gasteiger partial charge >= 0.3 is 0 Å². The molecular weight excluding hydrogens is 162 g/mol. The van der Waals surface area contributed by atoms with Gasteiger partial charge in [-0.3, -0.25) is 4.79 Å². The third kappa shape index (κ3) is 3.74. The minimum Gasteiger partial charge on any atom is -0.388 e. The smallest absolute Gasteiger partial charge is 0.161 e. The minimum atomic E-state index is 0.0283. The maximum Gasteiger partial charge on any atom is 0.161 e. The van der Waals surface area contributed by atoms with E-state index in [-0.39, 0.29) is 5.78 Å². The molecule has 0 bridgehead atoms. The van der Waals surface area contributed by atoms with Crippen molar-refractivity contribution in [1.29, 1.82) is 0 Å². The van der Waals surface area contributed by atoms with Crippen LogP contribution in [0.3, 0.4) is 0 Å². The summed E-state index contributed by atoms with van der Waals surface area (Å²) in [4.78, 5) is 11.2. The number of carbonyl (C=O) groups excluding carboxylic acids is 1. The second-order valence-corrected chi connectivity index (χ2v) is 2.88. The van der Waals surface area contributed by atoms with Crippen molar-refractivity contribution in [3.8, 4) is 0 Å². The van der Waals surface area contributed by atoms with Gasteiger partial charge < -0.3 is 5.32 Å². The van der Waals surface area contributed by atoms with Crippen molar-refractivity contribution in [3.63, 3.8) is 0 Å². The molecule has 0 aromatic rings. The van der Waals surface area contributed by atoms with Crippen LogP contribution in [-0.2, 0) is 4.79 Å². The number of rotatable bonds is 4. The average molecular weight is 179 g/mol. The molecule has 0 heterocycles. The Balaban J connectivity index is 4.92. The summed E-state index contributed by atoms with van der Waals surface area (Å²) in [5, 5.41) is 2.87. The van der Waals surface area contributed by atoms with Gasteiger partial charge in [0, 0.05) is 18.3 Å². The molecule has 0 aliphatic rings. The van der Waals surface area contributed by atoms with Crippen LogP contribution in [0.5, 0.6) is 0 Å². The van der Waals surface area contributed by atoms with Gasteiger partial charge in [-0.25, -0.2) is 0 Å². The zero-order valence-electron chi connectivity index (χ0n) is 8.77. The highest BCUT2D eigenvalue weighted by atomic mass is 16.1. The molecule has 0 amide bonds. The van der Waals surface area contributed by atoms with Crippen LogP contribution in [-0.4, -0.2) is 12.8 Å². The lowest BCUT2D eigenvalue weighted by Gasteiger charge is -2.06. The molecule has 13 heavy (non-hydrogen) atoms. The SMILES string of the molecule is C=C(NC)/C(=C/C(C)=C\C)C(C)=O. The summed E-state index contributed by atoms with van der Waals surface area (Å²) in [7, 11) is 1.75. The van der Waals surface area contributed by atoms with Gasteiger partial charge in [0.15, 0.2) is 5.78 Å². The molecule has 0 atom stereocenters. The quantitative estimate of drug-likeness (QED) is 0.529. The molecule has 0 saturated heterocycles. The Morgan fingerprint density at radius 3 is 2.23 bits per heavy atom. The van der Waals surface area contributed by atoms with Crippen molar-refractivity contribution >= 4 is 5.78 Å². The monoisotopic (exact) mass is 179 g/mol. The van der Waals surface area contributed by atoms with E-state index in [1.165, 1.54) is 6.92 Å². The topological polar surface area (TPSA) is 29.1 Å². The van der Waals surface area contributed by atoms with E-state index >= 15 is 0 Å². The van der Waals surface area contributed by atoms with Crippen LogP contribution in [0.1, 0.15) is 20.8 Å². The number of ketones is 1. The lowest BCUT2D eigenvalue weighted by Crippen LogP contribution is -2.12. The maximum absolute atomic E-state index is 11.2. The van der Waals surface area contributed by atoms with Crippen LogP contribution in [0.2, 0.25) is 0 Å². The molecule has 0 spiro atoms. The summed E-state index contributed by atoms with van der Waals surface area (Å²) in [5.41, 5.74) is 2.36. The first-order valence-electron chi connectivity index (χ1n) is 4.25. The van der Waals surface area contributed by atoms with Crippen LogP contribution < -0.4 is 5.32 Å². The average Bonchev–Trinajstić information content (AvgIpc) is 2.11. The Morgan fingerprint density at radius 2 is 1.92 bits per heavy atom. The van der Waals surface area contributed by atoms with Gasteiger partial charge in [-0.1, -0.05) is 18.2 Å². The van der Waals surface area contributed by atoms with Gasteiger partial charge in [0.1, 0.15) is 0 Å². The molecule has 72 valence electrons. The summed E-state index contributed by atoms with van der Waals surface area (Å²) in [5.74, 6) is 0.0283. The number of allylic oxidation sites excluding steroid dienone is 4. The fraction of sp³-hybridized carbons (Fsp3) is 0.364. The van der Waals surface area contributed by atoms with E-state index in [9.17, 15) is 4.79 Å². The number of nitrogens with one attached hydrogen (secondary N) is 1. The molecule has 2 nitrogen and oxygen atoms in total. The summed E-state index contributed by atoms with van der Waals surface area (Å²) in [6.07, 6.45) is 3.78. The zero-order valence-corrected chi connectivity index (χ0v) is 8.77. The largest absolute Gasteiger partial charge is 0.388 e. The third-order valence-corrected chi connectivity index (χ3v) is 1.83. The van der Waals surface area contributed by atoms with Crippen LogP contribution in [0, 0.1) is 0 Å². The molecule has 1 N–H and O–H groups in total. The third-order valence-electron chi connectivity index (χ3n) is 1.83. The highest BCUT2D eigenvalue weighted by molar-refractivity contribution is 5.97. The fourth-order valence-electron chi connectivity index (χ4n) is 0.847. The molecule has 0 radical (unpaired) electrons. The number of hydrogen-bond acceptors (Lipinski definition) is 2. The van der Waals surface area contributed by atoms with Gasteiger partial charge in [0.05, 0.1) is 0 Å². The Labute approximate surface area is 80.0 Å². The van der Waals surface area contributed by atoms with Crippen molar-refractivity contribution in [1.82, 2.24) is 5.32 Å². The molecular formula is C11H17NO. The van der Waals surface area contributed by atoms with Crippen LogP contribution in [0.4, 0.5) is 0 Å². The van der Waals surface area contributed by atoms with E-state index < -0.39 is 0 Å². The van der Waals surface area contributed by atoms with E-state index in [1.54, 1.807) is 7.05 Å². The molecule has 0 unspecified atom stereocenters. The second kappa shape index (κ2) is 5.36. The van der Waals surface area contributed by atoms with Crippen molar-refractivity contribution < 1.29 is 4.79 Å². The molecule has 0 aliphatic heterocycles. The van der Waals surface area contributed by atoms with Crippen LogP contribution >= 0.6 is 0 Å². The number of Topliss-reactive ketones (excluding diaryl/α,β-unsaturated/α-hetero) is 1. The first-order valence-corrected chi connectivity index (χ1v) is 4.25. The van der Waals surface area contributed by atoms with E-state index in [2.05, 4.69) is 11.9 Å². The Morgan fingerprint density at radius 1 is 1.38 bits per heavy atom. The van der Waals surface area contributed by atoms with Gasteiger partial charge in [-0.15, -0.1) is 0 Å². The van der Waals surface area contributed by atoms with Crippen molar-refractivity contribution in [2.75, 3.05) is 7.05 Å². The van der Waals surface area contributed by atoms with Crippen molar-refractivity contribution in [2.45, 2.75) is 20.8 Å². The standard InChI is InChI=1S/C11H17NO/c1-6-8(2)7-11(10(4)13)9(3)12-5/h6-7,12H,3H2,1-2,4-5H3/b8-6-,11-7-. The predicted octanol–water partition coefficient (Wildman–Crippen LogP) is 2.20. The first kappa shape index (κ1) is 11.7. The molecule has 0 aliphatic carbocycles. The van der Waals surface area contributed by atoms with E-state index in [1.807, 2.05) is 26.0 Å². The molecule has 0 rings (SSSR count). The lowest BCUT2D eigenvalue weighted by atomic mass is 10.1. The van der Waals surface area contributed by atoms with Crippen LogP contribution in [0.25, 0.3) is 0 Å². The fourth-order valence-corrected chi connectivity index (χ4v) is 0.847. The summed E-state index contributed by atoms with van der Waals surface area (Å²) < 4.78 is 0. The van der Waals surface area contributed by atoms with Crippen molar-refractivity contribution in [3.05, 3.63) is 35.6 Å². The Kier molecular flexibility index (Phi) is 4.82. The van der Waals surface area contributed by atoms with Crippen LogP contribution in [0.15, 0.2) is 35.6 Å². The van der Waals surface area contributed by atoms with E-state index in [0.29, 0.717) is 11.3 Å². The molecule has 0 aromatic heterocycles. The summed E-state index contributed by atoms with van der Waals surface area (Å²) in [6.45, 7) is 9.18. The lowest BCUT2D eigenvalue weighted by molar-refractivity contribution is -0.113. The van der Waals surface area contributed by atoms with Gasteiger partial charge in [0.2, 0.25) is 0 Å². The molecule has 0 saturated carbocycles. The maximum atomic E-state index is 11.2. The second-order valence-electron chi connectivity index (χ2n) is 2.88. The number of hydrogen-bond donors (Lipinski definition) is 1. The zero-order chi connectivity index (χ0) is 10.4. The van der Waals surface area contributed by atoms with Crippen molar-refractivity contribution in [2.24, 2.45) is 0 Å². The summed E-state index contributed by atoms with van der Waals surface area (Å²) in [6, 6.07) is 0. The molecule has 2 heteroatoms. The van der Waals surface area contributed by atoms with E-state index in [4.69, 9.17) is 0 Å². The first-order chi connectivity index (χ1) is 6.02. The highest BCUT2D eigenvalue weighted by Crippen LogP contribution is 2.09. The van der Waals surface area contributed by atoms with Gasteiger partial charge in [-0.2, -0.15) is 0 Å². The minimum absolute atomic E-state index is 0.0283. The summed E-state index contributed by atoms with van der Waals surface area (Å²) >= 11 is 0. The Hall–Kier alpha value is -1.31. The Bertz CT molecular complexity index is 272. The normalized spacial score (nSPS) is 12.6. The highest BCUT2D eigenvalue weighted by Gasteiger charge is 2.05. The van der Waals surface area contributed by atoms with E-state index in [0.717, 1.165) is 5.57 Å². The molecule has 0 fully saturated rings. The predicted molar refractivity (Wildman–Crippen MR) is 56.4 cm³/mol. The number of carbonyl (C=O) groups is 1. The number of likely N-dealkylation sites (N-methyl/N-ethyl adjacent to an activating group) is 1. The molecule has 0 aromatic carbocycles.